The lowest BCUT2D eigenvalue weighted by atomic mass is 10.1. The Kier molecular flexibility index (Phi) is 3.37. The van der Waals surface area contributed by atoms with Crippen LogP contribution in [0.1, 0.15) is 19.4 Å². The number of hydrogen-bond acceptors (Lipinski definition) is 5. The molecule has 0 fully saturated rings. The molecule has 0 aliphatic heterocycles. The highest BCUT2D eigenvalue weighted by atomic mass is 16.5. The summed E-state index contributed by atoms with van der Waals surface area (Å²) in [5.74, 6) is 1.10. The van der Waals surface area contributed by atoms with E-state index in [0.717, 1.165) is 17.7 Å². The maximum atomic E-state index is 5.12. The Hall–Kier alpha value is -1.91. The molecular weight excluding hydrogens is 216 g/mol. The zero-order valence-corrected chi connectivity index (χ0v) is 10.3. The Morgan fingerprint density at radius 1 is 1.41 bits per heavy atom. The first-order chi connectivity index (χ1) is 8.16. The van der Waals surface area contributed by atoms with Gasteiger partial charge >= 0.3 is 6.01 Å². The molecule has 1 N–H and O–H groups in total. The summed E-state index contributed by atoms with van der Waals surface area (Å²) in [6.07, 6.45) is 3.49. The number of aromatic nitrogens is 3. The normalized spacial score (nSPS) is 10.8. The summed E-state index contributed by atoms with van der Waals surface area (Å²) in [7, 11) is 0. The fourth-order valence-electron chi connectivity index (χ4n) is 1.39. The second-order valence-electron chi connectivity index (χ2n) is 4.39. The van der Waals surface area contributed by atoms with Crippen LogP contribution in [-0.4, -0.2) is 21.7 Å². The third-order valence-corrected chi connectivity index (χ3v) is 2.37. The molecule has 2 rings (SSSR count). The molecule has 0 unspecified atom stereocenters. The van der Waals surface area contributed by atoms with Crippen molar-refractivity contribution >= 4 is 6.01 Å². The van der Waals surface area contributed by atoms with Crippen LogP contribution in [0.2, 0.25) is 0 Å². The summed E-state index contributed by atoms with van der Waals surface area (Å²) in [4.78, 5) is 8.35. The molecule has 2 heterocycles. The van der Waals surface area contributed by atoms with Crippen LogP contribution in [0, 0.1) is 12.8 Å². The predicted octanol–water partition coefficient (Wildman–Crippen LogP) is 2.51. The molecule has 0 amide bonds. The van der Waals surface area contributed by atoms with Crippen molar-refractivity contribution in [3.8, 4) is 11.4 Å². The van der Waals surface area contributed by atoms with E-state index in [-0.39, 0.29) is 0 Å². The summed E-state index contributed by atoms with van der Waals surface area (Å²) < 4.78 is 5.12. The second kappa shape index (κ2) is 4.95. The summed E-state index contributed by atoms with van der Waals surface area (Å²) >= 11 is 0. The molecule has 0 aliphatic carbocycles. The van der Waals surface area contributed by atoms with Gasteiger partial charge in [0.2, 0.25) is 5.82 Å². The first kappa shape index (κ1) is 11.6. The zero-order chi connectivity index (χ0) is 12.3. The molecule has 2 aromatic rings. The van der Waals surface area contributed by atoms with Crippen LogP contribution < -0.4 is 5.32 Å². The first-order valence-corrected chi connectivity index (χ1v) is 5.65. The van der Waals surface area contributed by atoms with E-state index < -0.39 is 0 Å². The molecule has 5 nitrogen and oxygen atoms in total. The molecule has 0 aromatic carbocycles. The van der Waals surface area contributed by atoms with Gasteiger partial charge in [-0.2, -0.15) is 4.98 Å². The van der Waals surface area contributed by atoms with Crippen molar-refractivity contribution in [2.24, 2.45) is 5.92 Å². The third-order valence-electron chi connectivity index (χ3n) is 2.37. The fraction of sp³-hybridized carbons (Fsp3) is 0.417. The molecule has 0 bridgehead atoms. The van der Waals surface area contributed by atoms with E-state index in [1.54, 1.807) is 12.4 Å². The van der Waals surface area contributed by atoms with E-state index in [1.165, 1.54) is 0 Å². The van der Waals surface area contributed by atoms with Gasteiger partial charge in [0.05, 0.1) is 0 Å². The molecule has 2 aromatic heterocycles. The Balaban J connectivity index is 2.16. The summed E-state index contributed by atoms with van der Waals surface area (Å²) in [5.41, 5.74) is 1.98. The van der Waals surface area contributed by atoms with Crippen LogP contribution in [0.5, 0.6) is 0 Å². The van der Waals surface area contributed by atoms with Crippen molar-refractivity contribution < 1.29 is 4.52 Å². The standard InChI is InChI=1S/C12H16N4O/c1-8(2)6-14-12-15-11(16-17-12)10-7-13-5-4-9(10)3/h4-5,7-8H,6H2,1-3H3,(H,14,15,16). The minimum atomic E-state index is 0.456. The first-order valence-electron chi connectivity index (χ1n) is 5.65. The van der Waals surface area contributed by atoms with Crippen LogP contribution in [0.4, 0.5) is 6.01 Å². The highest BCUT2D eigenvalue weighted by Crippen LogP contribution is 2.20. The number of anilines is 1. The third kappa shape index (κ3) is 2.81. The number of nitrogens with one attached hydrogen (secondary N) is 1. The van der Waals surface area contributed by atoms with Gasteiger partial charge in [-0.25, -0.2) is 0 Å². The minimum absolute atomic E-state index is 0.456. The number of rotatable bonds is 4. The van der Waals surface area contributed by atoms with Crippen molar-refractivity contribution in [2.75, 3.05) is 11.9 Å². The van der Waals surface area contributed by atoms with Gasteiger partial charge in [-0.3, -0.25) is 4.98 Å². The Labute approximate surface area is 100 Å². The van der Waals surface area contributed by atoms with Crippen LogP contribution in [-0.2, 0) is 0 Å². The highest BCUT2D eigenvalue weighted by molar-refractivity contribution is 5.58. The lowest BCUT2D eigenvalue weighted by Crippen LogP contribution is -2.07. The van der Waals surface area contributed by atoms with Gasteiger partial charge < -0.3 is 9.84 Å². The maximum Gasteiger partial charge on any atom is 0.321 e. The van der Waals surface area contributed by atoms with E-state index in [1.807, 2.05) is 13.0 Å². The van der Waals surface area contributed by atoms with E-state index in [0.29, 0.717) is 17.8 Å². The van der Waals surface area contributed by atoms with Gasteiger partial charge in [0.1, 0.15) is 0 Å². The minimum Gasteiger partial charge on any atom is -0.337 e. The molecule has 17 heavy (non-hydrogen) atoms. The van der Waals surface area contributed by atoms with Gasteiger partial charge in [-0.1, -0.05) is 19.0 Å². The second-order valence-corrected chi connectivity index (χ2v) is 4.39. The molecule has 0 radical (unpaired) electrons. The van der Waals surface area contributed by atoms with E-state index in [2.05, 4.69) is 34.3 Å². The Morgan fingerprint density at radius 3 is 2.94 bits per heavy atom. The van der Waals surface area contributed by atoms with Gasteiger partial charge in [0.15, 0.2) is 0 Å². The van der Waals surface area contributed by atoms with Crippen LogP contribution >= 0.6 is 0 Å². The summed E-state index contributed by atoms with van der Waals surface area (Å²) in [6, 6.07) is 2.38. The van der Waals surface area contributed by atoms with Gasteiger partial charge in [-0.15, -0.1) is 0 Å². The molecule has 5 heteroatoms. The number of aryl methyl sites for hydroxylation is 1. The molecule has 0 atom stereocenters. The van der Waals surface area contributed by atoms with Crippen molar-refractivity contribution in [1.82, 2.24) is 15.1 Å². The molecule has 0 spiro atoms. The van der Waals surface area contributed by atoms with Gasteiger partial charge in [0, 0.05) is 24.5 Å². The molecular formula is C12H16N4O. The van der Waals surface area contributed by atoms with Crippen molar-refractivity contribution in [3.63, 3.8) is 0 Å². The molecule has 0 saturated heterocycles. The van der Waals surface area contributed by atoms with Crippen molar-refractivity contribution in [3.05, 3.63) is 24.0 Å². The Bertz CT molecular complexity index is 493. The lowest BCUT2D eigenvalue weighted by molar-refractivity contribution is 0.429. The van der Waals surface area contributed by atoms with E-state index >= 15 is 0 Å². The maximum absolute atomic E-state index is 5.12. The number of hydrogen-bond donors (Lipinski definition) is 1. The van der Waals surface area contributed by atoms with Crippen molar-refractivity contribution in [1.29, 1.82) is 0 Å². The van der Waals surface area contributed by atoms with Crippen LogP contribution in [0.25, 0.3) is 11.4 Å². The zero-order valence-electron chi connectivity index (χ0n) is 10.3. The predicted molar refractivity (Wildman–Crippen MR) is 65.6 cm³/mol. The van der Waals surface area contributed by atoms with Crippen LogP contribution in [0.15, 0.2) is 23.0 Å². The smallest absolute Gasteiger partial charge is 0.321 e. The molecule has 90 valence electrons. The average molecular weight is 232 g/mol. The van der Waals surface area contributed by atoms with E-state index in [4.69, 9.17) is 4.52 Å². The Morgan fingerprint density at radius 2 is 2.24 bits per heavy atom. The van der Waals surface area contributed by atoms with Gasteiger partial charge in [-0.05, 0) is 24.5 Å². The fourth-order valence-corrected chi connectivity index (χ4v) is 1.39. The molecule has 0 aliphatic rings. The summed E-state index contributed by atoms with van der Waals surface area (Å²) in [6.45, 7) is 7.05. The highest BCUT2D eigenvalue weighted by Gasteiger charge is 2.10. The molecule has 0 saturated carbocycles. The topological polar surface area (TPSA) is 63.8 Å². The monoisotopic (exact) mass is 232 g/mol. The SMILES string of the molecule is Cc1ccncc1-c1noc(NCC(C)C)n1. The van der Waals surface area contributed by atoms with E-state index in [9.17, 15) is 0 Å². The number of nitrogens with zero attached hydrogens (tertiary/aromatic N) is 3. The quantitative estimate of drug-likeness (QED) is 0.877. The summed E-state index contributed by atoms with van der Waals surface area (Å²) in [5, 5.41) is 7.03. The van der Waals surface area contributed by atoms with Crippen LogP contribution in [0.3, 0.4) is 0 Å². The van der Waals surface area contributed by atoms with Crippen molar-refractivity contribution in [2.45, 2.75) is 20.8 Å². The average Bonchev–Trinajstić information content (AvgIpc) is 2.75. The lowest BCUT2D eigenvalue weighted by Gasteiger charge is -2.02. The van der Waals surface area contributed by atoms with Gasteiger partial charge in [0.25, 0.3) is 0 Å². The number of pyridine rings is 1. The largest absolute Gasteiger partial charge is 0.337 e.